The van der Waals surface area contributed by atoms with Crippen LogP contribution in [0.5, 0.6) is 5.75 Å². The first-order chi connectivity index (χ1) is 30.2. The number of benzene rings is 3. The van der Waals surface area contributed by atoms with Gasteiger partial charge in [0.15, 0.2) is 0 Å². The Morgan fingerprint density at radius 3 is 1.69 bits per heavy atom. The third-order valence-corrected chi connectivity index (χ3v) is 10.7. The number of imidazole rings is 2. The number of halogens is 4. The van der Waals surface area contributed by atoms with E-state index < -0.39 is 59.8 Å². The van der Waals surface area contributed by atoms with E-state index in [2.05, 4.69) is 20.2 Å². The van der Waals surface area contributed by atoms with Crippen LogP contribution >= 0.6 is 0 Å². The number of nitrogens with zero attached hydrogens (tertiary/aromatic N) is 10. The number of rotatable bonds is 14. The third-order valence-electron chi connectivity index (χ3n) is 10.7. The molecule has 7 aromatic rings. The molecule has 0 aliphatic carbocycles. The molecule has 17 nitrogen and oxygen atoms in total. The minimum Gasteiger partial charge on any atom is -0.487 e. The van der Waals surface area contributed by atoms with Crippen molar-refractivity contribution in [3.63, 3.8) is 0 Å². The van der Waals surface area contributed by atoms with Crippen LogP contribution in [0.4, 0.5) is 17.6 Å². The molecule has 21 heteroatoms. The number of primary amides is 2. The average Bonchev–Trinajstić information content (AvgIpc) is 3.98. The number of aryl methyl sites for hydroxylation is 6. The quantitative estimate of drug-likeness (QED) is 0.149. The lowest BCUT2D eigenvalue weighted by Gasteiger charge is -2.28. The van der Waals surface area contributed by atoms with E-state index in [1.807, 2.05) is 0 Å². The predicted octanol–water partition coefficient (Wildman–Crippen LogP) is 4.55. The zero-order valence-corrected chi connectivity index (χ0v) is 35.6. The zero-order valence-electron chi connectivity index (χ0n) is 35.6. The van der Waals surface area contributed by atoms with Crippen LogP contribution in [-0.2, 0) is 46.9 Å². The summed E-state index contributed by atoms with van der Waals surface area (Å²) in [7, 11) is 2.73. The van der Waals surface area contributed by atoms with Gasteiger partial charge in [-0.25, -0.2) is 0 Å². The van der Waals surface area contributed by atoms with Crippen molar-refractivity contribution in [1.29, 1.82) is 0 Å². The number of alkyl halides is 4. The Balaban J connectivity index is 1.41. The minimum absolute atomic E-state index is 0.0000433. The van der Waals surface area contributed by atoms with Crippen molar-refractivity contribution < 1.29 is 41.5 Å². The molecule has 64 heavy (non-hydrogen) atoms. The van der Waals surface area contributed by atoms with Gasteiger partial charge >= 0.3 is 11.8 Å². The van der Waals surface area contributed by atoms with Crippen LogP contribution in [0.1, 0.15) is 72.5 Å². The van der Waals surface area contributed by atoms with Crippen LogP contribution in [-0.4, -0.2) is 73.3 Å². The molecule has 0 atom stereocenters. The Labute approximate surface area is 361 Å². The number of amides is 4. The fourth-order valence-corrected chi connectivity index (χ4v) is 7.49. The topological polar surface area (TPSA) is 210 Å². The zero-order chi connectivity index (χ0) is 46.4. The first kappa shape index (κ1) is 44.5. The molecular weight excluding hydrogens is 841 g/mol. The highest BCUT2D eigenvalue weighted by Crippen LogP contribution is 2.39. The summed E-state index contributed by atoms with van der Waals surface area (Å²) in [4.78, 5) is 60.6. The fourth-order valence-electron chi connectivity index (χ4n) is 7.49. The molecule has 4 aromatic heterocycles. The molecule has 0 radical (unpaired) electrons. The van der Waals surface area contributed by atoms with Crippen LogP contribution in [0.25, 0.3) is 22.1 Å². The normalized spacial score (nSPS) is 12.8. The molecule has 0 aliphatic rings. The molecule has 3 aromatic carbocycles. The molecule has 0 fully saturated rings. The van der Waals surface area contributed by atoms with Gasteiger partial charge in [0.05, 0.1) is 41.0 Å². The predicted molar refractivity (Wildman–Crippen MR) is 225 cm³/mol. The molecule has 0 spiro atoms. The van der Waals surface area contributed by atoms with Crippen molar-refractivity contribution in [2.45, 2.75) is 72.3 Å². The highest BCUT2D eigenvalue weighted by Gasteiger charge is 2.57. The third kappa shape index (κ3) is 8.22. The van der Waals surface area contributed by atoms with E-state index in [-0.39, 0.29) is 70.0 Å². The first-order valence-corrected chi connectivity index (χ1v) is 20.0. The van der Waals surface area contributed by atoms with Crippen molar-refractivity contribution in [2.24, 2.45) is 35.5 Å². The van der Waals surface area contributed by atoms with Gasteiger partial charge in [-0.1, -0.05) is 30.3 Å². The monoisotopic (exact) mass is 884 g/mol. The Kier molecular flexibility index (Phi) is 11.8. The van der Waals surface area contributed by atoms with Crippen molar-refractivity contribution in [3.8, 4) is 5.75 Å². The van der Waals surface area contributed by atoms with Gasteiger partial charge in [-0.05, 0) is 75.7 Å². The fraction of sp³-hybridized carbons (Fsp3) is 0.302. The number of aromatic nitrogens is 8. The highest BCUT2D eigenvalue weighted by molar-refractivity contribution is 5.99. The Morgan fingerprint density at radius 1 is 0.656 bits per heavy atom. The average molecular weight is 885 g/mol. The molecule has 0 saturated heterocycles. The van der Waals surface area contributed by atoms with E-state index in [0.29, 0.717) is 17.0 Å². The van der Waals surface area contributed by atoms with Gasteiger partial charge in [-0.3, -0.25) is 28.5 Å². The molecule has 334 valence electrons. The van der Waals surface area contributed by atoms with Gasteiger partial charge in [0, 0.05) is 38.3 Å². The molecule has 0 aliphatic heterocycles. The SMILES string of the molecule is CCn1nc(C)cc1C(=O)N=c1n(C)c2cc(C(N)=O)ccc2n1CC(F)(F)C(F)(F)Cn1c(=NC(=O)c2cc(C)nn2CC)n(C)c2cc(C(N)=O)cc(OCc3ccccc3)c21. The Morgan fingerprint density at radius 2 is 1.16 bits per heavy atom. The molecule has 0 bridgehead atoms. The van der Waals surface area contributed by atoms with E-state index >= 15 is 17.6 Å². The molecule has 4 heterocycles. The summed E-state index contributed by atoms with van der Waals surface area (Å²) < 4.78 is 80.4. The van der Waals surface area contributed by atoms with Crippen LogP contribution in [0.3, 0.4) is 0 Å². The lowest BCUT2D eigenvalue weighted by Crippen LogP contribution is -2.49. The van der Waals surface area contributed by atoms with Gasteiger partial charge < -0.3 is 34.5 Å². The lowest BCUT2D eigenvalue weighted by molar-refractivity contribution is -0.221. The van der Waals surface area contributed by atoms with Crippen LogP contribution in [0.2, 0.25) is 0 Å². The number of nitrogens with two attached hydrogens (primary N) is 2. The van der Waals surface area contributed by atoms with Crippen LogP contribution < -0.4 is 27.4 Å². The lowest BCUT2D eigenvalue weighted by atomic mass is 10.1. The number of fused-ring (bicyclic) bond motifs is 2. The summed E-state index contributed by atoms with van der Waals surface area (Å²) in [5.74, 6) is -13.7. The maximum atomic E-state index is 17.0. The smallest absolute Gasteiger partial charge is 0.329 e. The molecular formula is C43H44F4N12O5. The van der Waals surface area contributed by atoms with E-state index in [9.17, 15) is 19.2 Å². The van der Waals surface area contributed by atoms with E-state index in [4.69, 9.17) is 16.2 Å². The Bertz CT molecular complexity index is 3150. The summed E-state index contributed by atoms with van der Waals surface area (Å²) in [5.41, 5.74) is 11.5. The van der Waals surface area contributed by atoms with Gasteiger partial charge in [-0.15, -0.1) is 0 Å². The van der Waals surface area contributed by atoms with E-state index in [0.717, 1.165) is 9.13 Å². The summed E-state index contributed by atoms with van der Waals surface area (Å²) in [5, 5.41) is 8.52. The molecule has 4 N–H and O–H groups in total. The van der Waals surface area contributed by atoms with E-state index in [1.165, 1.54) is 75.1 Å². The molecule has 4 amide bonds. The molecule has 7 rings (SSSR count). The standard InChI is InChI=1S/C43H44F4N12O5/c1-7-58-32(16-24(3)52-58)38(62)50-40-54(5)30-18-27(36(48)60)14-15-29(30)56(40)22-42(44,45)43(46,47)23-57-35-31(55(6)41(57)51-39(63)33-17-25(4)53-59(33)8-2)19-28(37(49)61)20-34(35)64-21-26-12-10-9-11-13-26/h9-20H,7-8,21-23H2,1-6H3,(H2,48,60)(H2,49,61). The van der Waals surface area contributed by atoms with Gasteiger partial charge in [0.1, 0.15) is 29.3 Å². The number of carbonyl (C=O) groups is 4. The largest absolute Gasteiger partial charge is 0.487 e. The van der Waals surface area contributed by atoms with Gasteiger partial charge in [-0.2, -0.15) is 37.7 Å². The Hall–Kier alpha value is -7.58. The second-order valence-corrected chi connectivity index (χ2v) is 15.2. The van der Waals surface area contributed by atoms with E-state index in [1.54, 1.807) is 58.0 Å². The number of hydrogen-bond acceptors (Lipinski definition) is 7. The number of ether oxygens (including phenoxy) is 1. The summed E-state index contributed by atoms with van der Waals surface area (Å²) >= 11 is 0. The summed E-state index contributed by atoms with van der Waals surface area (Å²) in [6.07, 6.45) is 0. The van der Waals surface area contributed by atoms with Gasteiger partial charge in [0.2, 0.25) is 23.1 Å². The van der Waals surface area contributed by atoms with Crippen molar-refractivity contribution in [2.75, 3.05) is 0 Å². The highest BCUT2D eigenvalue weighted by atomic mass is 19.3. The second kappa shape index (κ2) is 16.9. The number of hydrogen-bond donors (Lipinski definition) is 2. The van der Waals surface area contributed by atoms with Gasteiger partial charge in [0.25, 0.3) is 11.8 Å². The van der Waals surface area contributed by atoms with Crippen molar-refractivity contribution in [1.82, 2.24) is 37.8 Å². The van der Waals surface area contributed by atoms with Crippen LogP contribution in [0, 0.1) is 13.8 Å². The maximum absolute atomic E-state index is 17.0. The second-order valence-electron chi connectivity index (χ2n) is 15.2. The van der Waals surface area contributed by atoms with Crippen molar-refractivity contribution in [3.05, 3.63) is 123 Å². The first-order valence-electron chi connectivity index (χ1n) is 20.0. The summed E-state index contributed by atoms with van der Waals surface area (Å²) in [6, 6.07) is 17.8. The molecule has 0 unspecified atom stereocenters. The van der Waals surface area contributed by atoms with Crippen LogP contribution in [0.15, 0.2) is 82.8 Å². The summed E-state index contributed by atoms with van der Waals surface area (Å²) in [6.45, 7) is 3.60. The van der Waals surface area contributed by atoms with Crippen molar-refractivity contribution >= 4 is 45.7 Å². The number of carbonyl (C=O) groups excluding carboxylic acids is 4. The molecule has 0 saturated carbocycles. The minimum atomic E-state index is -4.97. The maximum Gasteiger partial charge on any atom is 0.329 e.